The molecule has 4 heterocycles. The highest BCUT2D eigenvalue weighted by molar-refractivity contribution is 7.93. The van der Waals surface area contributed by atoms with Crippen LogP contribution in [-0.2, 0) is 10.0 Å². The smallest absolute Gasteiger partial charge is 0.266 e. The molecule has 3 aromatic rings. The number of rotatable bonds is 4. The molecular weight excluding hydrogens is 328 g/mol. The second kappa shape index (κ2) is 5.75. The molecule has 0 atom stereocenters. The van der Waals surface area contributed by atoms with Gasteiger partial charge in [-0.05, 0) is 25.0 Å². The van der Waals surface area contributed by atoms with E-state index in [9.17, 15) is 8.42 Å². The second-order valence-corrected chi connectivity index (χ2v) is 7.25. The number of nitrogens with zero attached hydrogens (tertiary/aromatic N) is 5. The maximum atomic E-state index is 12.7. The highest BCUT2D eigenvalue weighted by Gasteiger charge is 2.21. The van der Waals surface area contributed by atoms with Crippen molar-refractivity contribution in [2.75, 3.05) is 22.7 Å². The molecule has 8 nitrogen and oxygen atoms in total. The van der Waals surface area contributed by atoms with Crippen molar-refractivity contribution in [3.8, 4) is 0 Å². The minimum atomic E-state index is -3.79. The van der Waals surface area contributed by atoms with Gasteiger partial charge in [0.25, 0.3) is 10.0 Å². The predicted octanol–water partition coefficient (Wildman–Crippen LogP) is 1.53. The molecule has 0 aromatic carbocycles. The topological polar surface area (TPSA) is 92.5 Å². The largest absolute Gasteiger partial charge is 0.355 e. The number of sulfonamides is 1. The van der Waals surface area contributed by atoms with Crippen molar-refractivity contribution in [2.45, 2.75) is 17.7 Å². The van der Waals surface area contributed by atoms with Gasteiger partial charge in [-0.3, -0.25) is 9.71 Å². The summed E-state index contributed by atoms with van der Waals surface area (Å²) in [6, 6.07) is 5.26. The number of anilines is 2. The van der Waals surface area contributed by atoms with Gasteiger partial charge in [0.2, 0.25) is 0 Å². The van der Waals surface area contributed by atoms with E-state index in [1.54, 1.807) is 30.6 Å². The van der Waals surface area contributed by atoms with Crippen LogP contribution in [0.5, 0.6) is 0 Å². The lowest BCUT2D eigenvalue weighted by Crippen LogP contribution is -2.20. The summed E-state index contributed by atoms with van der Waals surface area (Å²) in [7, 11) is -3.79. The van der Waals surface area contributed by atoms with Crippen LogP contribution in [0.2, 0.25) is 0 Å². The molecule has 1 saturated heterocycles. The van der Waals surface area contributed by atoms with Gasteiger partial charge in [-0.1, -0.05) is 6.07 Å². The van der Waals surface area contributed by atoms with Gasteiger partial charge in [0.05, 0.1) is 24.1 Å². The second-order valence-electron chi connectivity index (χ2n) is 5.60. The number of pyridine rings is 1. The highest BCUT2D eigenvalue weighted by Crippen LogP contribution is 2.22. The molecule has 1 N–H and O–H groups in total. The van der Waals surface area contributed by atoms with Crippen molar-refractivity contribution in [3.63, 3.8) is 0 Å². The van der Waals surface area contributed by atoms with Crippen LogP contribution < -0.4 is 9.62 Å². The summed E-state index contributed by atoms with van der Waals surface area (Å²) in [6.07, 6.45) is 8.30. The molecule has 4 rings (SSSR count). The van der Waals surface area contributed by atoms with Gasteiger partial charge >= 0.3 is 0 Å². The zero-order valence-electron chi connectivity index (χ0n) is 12.8. The first-order chi connectivity index (χ1) is 11.6. The van der Waals surface area contributed by atoms with Crippen LogP contribution in [-0.4, -0.2) is 41.1 Å². The van der Waals surface area contributed by atoms with Gasteiger partial charge < -0.3 is 4.90 Å². The maximum absolute atomic E-state index is 12.7. The lowest BCUT2D eigenvalue weighted by molar-refractivity contribution is 0.602. The first-order valence-corrected chi connectivity index (χ1v) is 9.14. The summed E-state index contributed by atoms with van der Waals surface area (Å²) < 4.78 is 29.3. The summed E-state index contributed by atoms with van der Waals surface area (Å²) in [5.74, 6) is 0.891. The van der Waals surface area contributed by atoms with Crippen LogP contribution in [0.4, 0.5) is 11.6 Å². The Morgan fingerprint density at radius 2 is 1.92 bits per heavy atom. The Morgan fingerprint density at radius 3 is 2.75 bits per heavy atom. The Balaban J connectivity index is 1.65. The third-order valence-electron chi connectivity index (χ3n) is 3.97. The predicted molar refractivity (Wildman–Crippen MR) is 89.5 cm³/mol. The molecule has 0 spiro atoms. The molecule has 124 valence electrons. The van der Waals surface area contributed by atoms with Crippen LogP contribution in [0.1, 0.15) is 12.8 Å². The normalized spacial score (nSPS) is 15.1. The SMILES string of the molecule is O=S(=O)(Nc1cncc(N2CCCC2)n1)c1cnn2ccccc12. The molecular formula is C15H16N6O2S. The molecule has 1 aliphatic rings. The summed E-state index contributed by atoms with van der Waals surface area (Å²) in [6.45, 7) is 1.83. The molecule has 0 aliphatic carbocycles. The standard InChI is InChI=1S/C15H16N6O2S/c22-24(23,13-9-17-21-8-2-1-5-12(13)21)19-14-10-16-11-15(18-14)20-6-3-4-7-20/h1-2,5,8-11H,3-4,6-7H2,(H,18,19). The minimum Gasteiger partial charge on any atom is -0.355 e. The molecule has 3 aromatic heterocycles. The van der Waals surface area contributed by atoms with Crippen LogP contribution >= 0.6 is 0 Å². The van der Waals surface area contributed by atoms with Crippen LogP contribution in [0.3, 0.4) is 0 Å². The fraction of sp³-hybridized carbons (Fsp3) is 0.267. The molecule has 24 heavy (non-hydrogen) atoms. The van der Waals surface area contributed by atoms with E-state index >= 15 is 0 Å². The summed E-state index contributed by atoms with van der Waals surface area (Å²) >= 11 is 0. The van der Waals surface area contributed by atoms with E-state index in [2.05, 4.69) is 24.7 Å². The molecule has 0 radical (unpaired) electrons. The Bertz CT molecular complexity index is 978. The van der Waals surface area contributed by atoms with Gasteiger partial charge in [-0.2, -0.15) is 5.10 Å². The molecule has 0 bridgehead atoms. The third kappa shape index (κ3) is 2.67. The Morgan fingerprint density at radius 1 is 1.08 bits per heavy atom. The molecule has 1 fully saturated rings. The fourth-order valence-electron chi connectivity index (χ4n) is 2.81. The van der Waals surface area contributed by atoms with E-state index in [1.807, 2.05) is 0 Å². The summed E-state index contributed by atoms with van der Waals surface area (Å²) in [4.78, 5) is 10.7. The maximum Gasteiger partial charge on any atom is 0.266 e. The molecule has 0 amide bonds. The number of fused-ring (bicyclic) bond motifs is 1. The van der Waals surface area contributed by atoms with Crippen molar-refractivity contribution in [2.24, 2.45) is 0 Å². The van der Waals surface area contributed by atoms with E-state index in [1.165, 1.54) is 16.9 Å². The molecule has 1 aliphatic heterocycles. The number of hydrogen-bond donors (Lipinski definition) is 1. The van der Waals surface area contributed by atoms with E-state index in [-0.39, 0.29) is 10.7 Å². The first-order valence-electron chi connectivity index (χ1n) is 7.66. The number of hydrogen-bond acceptors (Lipinski definition) is 6. The van der Waals surface area contributed by atoms with E-state index in [4.69, 9.17) is 0 Å². The Kier molecular flexibility index (Phi) is 3.57. The third-order valence-corrected chi connectivity index (χ3v) is 5.34. The van der Waals surface area contributed by atoms with Crippen molar-refractivity contribution >= 4 is 27.2 Å². The minimum absolute atomic E-state index is 0.108. The van der Waals surface area contributed by atoms with Gasteiger partial charge in [0.1, 0.15) is 10.7 Å². The number of nitrogens with one attached hydrogen (secondary N) is 1. The van der Waals surface area contributed by atoms with E-state index in [0.717, 1.165) is 25.9 Å². The van der Waals surface area contributed by atoms with Gasteiger partial charge in [0, 0.05) is 19.3 Å². The zero-order valence-corrected chi connectivity index (χ0v) is 13.6. The Labute approximate surface area is 139 Å². The van der Waals surface area contributed by atoms with E-state index in [0.29, 0.717) is 11.3 Å². The van der Waals surface area contributed by atoms with Gasteiger partial charge in [-0.15, -0.1) is 0 Å². The van der Waals surface area contributed by atoms with E-state index < -0.39 is 10.0 Å². The molecule has 0 saturated carbocycles. The highest BCUT2D eigenvalue weighted by atomic mass is 32.2. The van der Waals surface area contributed by atoms with Crippen LogP contribution in [0.25, 0.3) is 5.52 Å². The lowest BCUT2D eigenvalue weighted by atomic mass is 10.4. The van der Waals surface area contributed by atoms with Crippen molar-refractivity contribution in [1.29, 1.82) is 0 Å². The quantitative estimate of drug-likeness (QED) is 0.771. The fourth-order valence-corrected chi connectivity index (χ4v) is 3.92. The zero-order chi connectivity index (χ0) is 16.6. The lowest BCUT2D eigenvalue weighted by Gasteiger charge is -2.16. The van der Waals surface area contributed by atoms with Crippen LogP contribution in [0.15, 0.2) is 47.9 Å². The summed E-state index contributed by atoms with van der Waals surface area (Å²) in [5.41, 5.74) is 0.508. The molecule has 9 heteroatoms. The average Bonchev–Trinajstić information content (AvgIpc) is 3.25. The monoisotopic (exact) mass is 344 g/mol. The van der Waals surface area contributed by atoms with Crippen LogP contribution in [0, 0.1) is 0 Å². The first kappa shape index (κ1) is 14.9. The Hall–Kier alpha value is -2.68. The summed E-state index contributed by atoms with van der Waals surface area (Å²) in [5, 5.41) is 4.06. The van der Waals surface area contributed by atoms with Gasteiger partial charge in [-0.25, -0.2) is 17.9 Å². The molecule has 0 unspecified atom stereocenters. The van der Waals surface area contributed by atoms with Gasteiger partial charge in [0.15, 0.2) is 5.82 Å². The number of aromatic nitrogens is 4. The van der Waals surface area contributed by atoms with Crippen molar-refractivity contribution < 1.29 is 8.42 Å². The van der Waals surface area contributed by atoms with Crippen molar-refractivity contribution in [3.05, 3.63) is 43.0 Å². The average molecular weight is 344 g/mol. The van der Waals surface area contributed by atoms with Crippen molar-refractivity contribution in [1.82, 2.24) is 19.6 Å².